The van der Waals surface area contributed by atoms with E-state index in [-0.39, 0.29) is 0 Å². The van der Waals surface area contributed by atoms with E-state index >= 15 is 0 Å². The number of ether oxygens (including phenoxy) is 2. The maximum Gasteiger partial charge on any atom is 0.119 e. The third kappa shape index (κ3) is 6.22. The van der Waals surface area contributed by atoms with Gasteiger partial charge < -0.3 is 9.47 Å². The summed E-state index contributed by atoms with van der Waals surface area (Å²) in [7, 11) is 0. The van der Waals surface area contributed by atoms with Crippen LogP contribution in [-0.2, 0) is 0 Å². The van der Waals surface area contributed by atoms with Gasteiger partial charge in [-0.05, 0) is 96.8 Å². The molecule has 3 aromatic carbocycles. The fourth-order valence-electron chi connectivity index (χ4n) is 4.64. The molecule has 0 saturated carbocycles. The molecule has 0 atom stereocenters. The van der Waals surface area contributed by atoms with Gasteiger partial charge in [0.1, 0.15) is 22.5 Å². The molecule has 0 amide bonds. The number of hydrogen-bond donors (Lipinski definition) is 0. The van der Waals surface area contributed by atoms with Crippen molar-refractivity contribution in [3.8, 4) is 53.3 Å². The minimum atomic E-state index is 0.765. The average molecular weight is 597 g/mol. The lowest BCUT2D eigenvalue weighted by Crippen LogP contribution is -1.95. The standard InChI is InChI=1S/C34H32N2O2S3/c1-3-5-21-37-25-11-7-23(8-12-25)29-17-19-31(39-29)27-15-16-28(34-33(27)35-41-36-34)32-20-18-30(40-32)24-9-13-26(14-10-24)38-22-6-4-2/h7-20H,3-6,21-22H2,1-2H3. The van der Waals surface area contributed by atoms with Gasteiger partial charge >= 0.3 is 0 Å². The Hall–Kier alpha value is -3.52. The predicted molar refractivity (Wildman–Crippen MR) is 176 cm³/mol. The zero-order valence-electron chi connectivity index (χ0n) is 23.3. The second kappa shape index (κ2) is 13.0. The van der Waals surface area contributed by atoms with E-state index in [0.29, 0.717) is 0 Å². The average Bonchev–Trinajstić information content (AvgIpc) is 3.79. The highest BCUT2D eigenvalue weighted by molar-refractivity contribution is 7.19. The molecule has 0 spiro atoms. The highest BCUT2D eigenvalue weighted by atomic mass is 32.1. The van der Waals surface area contributed by atoms with Gasteiger partial charge in [-0.3, -0.25) is 0 Å². The number of unbranched alkanes of at least 4 members (excludes halogenated alkanes) is 2. The van der Waals surface area contributed by atoms with Crippen molar-refractivity contribution in [3.63, 3.8) is 0 Å². The van der Waals surface area contributed by atoms with Crippen LogP contribution in [0.5, 0.6) is 11.5 Å². The van der Waals surface area contributed by atoms with Gasteiger partial charge in [-0.25, -0.2) is 0 Å². The number of hydrogen-bond acceptors (Lipinski definition) is 7. The Morgan fingerprint density at radius 1 is 0.512 bits per heavy atom. The largest absolute Gasteiger partial charge is 0.494 e. The Bertz CT molecular complexity index is 1590. The van der Waals surface area contributed by atoms with Crippen LogP contribution in [0.3, 0.4) is 0 Å². The van der Waals surface area contributed by atoms with Crippen LogP contribution in [0.25, 0.3) is 52.8 Å². The predicted octanol–water partition coefficient (Wildman–Crippen LogP) is 10.8. The van der Waals surface area contributed by atoms with E-state index in [1.807, 2.05) is 0 Å². The van der Waals surface area contributed by atoms with Crippen LogP contribution < -0.4 is 9.47 Å². The van der Waals surface area contributed by atoms with Crippen LogP contribution >= 0.6 is 34.4 Å². The smallest absolute Gasteiger partial charge is 0.119 e. The fraction of sp³-hybridized carbons (Fsp3) is 0.235. The topological polar surface area (TPSA) is 44.2 Å². The Labute approximate surface area is 253 Å². The van der Waals surface area contributed by atoms with Crippen molar-refractivity contribution in [3.05, 3.63) is 84.9 Å². The quantitative estimate of drug-likeness (QED) is 0.132. The number of benzene rings is 3. The highest BCUT2D eigenvalue weighted by Crippen LogP contribution is 2.42. The summed E-state index contributed by atoms with van der Waals surface area (Å²) in [5.74, 6) is 1.85. The summed E-state index contributed by atoms with van der Waals surface area (Å²) >= 11 is 4.84. The molecule has 3 heterocycles. The van der Waals surface area contributed by atoms with Gasteiger partial charge in [0.05, 0.1) is 24.9 Å². The van der Waals surface area contributed by atoms with Crippen LogP contribution in [0.1, 0.15) is 39.5 Å². The third-order valence-electron chi connectivity index (χ3n) is 6.97. The van der Waals surface area contributed by atoms with Crippen LogP contribution in [0.2, 0.25) is 0 Å². The first-order valence-corrected chi connectivity index (χ1v) is 16.5. The van der Waals surface area contributed by atoms with Gasteiger partial charge in [0, 0.05) is 30.6 Å². The number of nitrogens with zero attached hydrogens (tertiary/aromatic N) is 2. The highest BCUT2D eigenvalue weighted by Gasteiger charge is 2.17. The molecule has 0 saturated heterocycles. The lowest BCUT2D eigenvalue weighted by Gasteiger charge is -2.06. The van der Waals surface area contributed by atoms with Crippen molar-refractivity contribution >= 4 is 45.4 Å². The zero-order chi connectivity index (χ0) is 28.0. The molecule has 0 aliphatic carbocycles. The summed E-state index contributed by atoms with van der Waals surface area (Å²) in [6.45, 7) is 5.88. The lowest BCUT2D eigenvalue weighted by atomic mass is 10.1. The van der Waals surface area contributed by atoms with Gasteiger partial charge in [-0.1, -0.05) is 38.8 Å². The molecule has 0 unspecified atom stereocenters. The van der Waals surface area contributed by atoms with Crippen molar-refractivity contribution in [1.29, 1.82) is 0 Å². The van der Waals surface area contributed by atoms with E-state index in [0.717, 1.165) is 72.6 Å². The van der Waals surface area contributed by atoms with Gasteiger partial charge in [0.2, 0.25) is 0 Å². The van der Waals surface area contributed by atoms with Gasteiger partial charge in [-0.2, -0.15) is 8.75 Å². The molecule has 7 heteroatoms. The van der Waals surface area contributed by atoms with Crippen LogP contribution in [0, 0.1) is 0 Å². The van der Waals surface area contributed by atoms with Crippen molar-refractivity contribution in [2.24, 2.45) is 0 Å². The van der Waals surface area contributed by atoms with E-state index in [9.17, 15) is 0 Å². The van der Waals surface area contributed by atoms with Crippen molar-refractivity contribution in [2.75, 3.05) is 13.2 Å². The van der Waals surface area contributed by atoms with Crippen molar-refractivity contribution in [1.82, 2.24) is 8.75 Å². The second-order valence-corrected chi connectivity index (χ2v) is 12.6. The summed E-state index contributed by atoms with van der Waals surface area (Å²) in [4.78, 5) is 4.84. The Kier molecular flexibility index (Phi) is 8.75. The molecule has 0 aliphatic heterocycles. The first-order chi connectivity index (χ1) is 20.2. The Morgan fingerprint density at radius 2 is 0.927 bits per heavy atom. The number of rotatable bonds is 12. The summed E-state index contributed by atoms with van der Waals surface area (Å²) < 4.78 is 21.1. The van der Waals surface area contributed by atoms with E-state index < -0.39 is 0 Å². The monoisotopic (exact) mass is 596 g/mol. The maximum absolute atomic E-state index is 5.83. The van der Waals surface area contributed by atoms with Gasteiger partial charge in [-0.15, -0.1) is 22.7 Å². The lowest BCUT2D eigenvalue weighted by molar-refractivity contribution is 0.309. The molecule has 6 rings (SSSR count). The molecule has 4 nitrogen and oxygen atoms in total. The molecular formula is C34H32N2O2S3. The Morgan fingerprint density at radius 3 is 1.34 bits per heavy atom. The van der Waals surface area contributed by atoms with Gasteiger partial charge in [0.15, 0.2) is 0 Å². The molecule has 0 radical (unpaired) electrons. The van der Waals surface area contributed by atoms with Crippen LogP contribution in [0.4, 0.5) is 0 Å². The SMILES string of the molecule is CCCCOc1ccc(-c2ccc(-c3ccc(-c4ccc(-c5ccc(OCCCC)cc5)s4)c4nsnc34)s2)cc1. The van der Waals surface area contributed by atoms with E-state index in [1.54, 1.807) is 22.7 Å². The van der Waals surface area contributed by atoms with E-state index in [1.165, 1.54) is 42.4 Å². The molecule has 0 fully saturated rings. The van der Waals surface area contributed by atoms with Crippen molar-refractivity contribution < 1.29 is 9.47 Å². The van der Waals surface area contributed by atoms with Crippen LogP contribution in [0.15, 0.2) is 84.9 Å². The van der Waals surface area contributed by atoms with E-state index in [4.69, 9.17) is 18.2 Å². The minimum Gasteiger partial charge on any atom is -0.494 e. The van der Waals surface area contributed by atoms with E-state index in [2.05, 4.69) is 98.8 Å². The summed E-state index contributed by atoms with van der Waals surface area (Å²) in [5, 5.41) is 0. The molecular weight excluding hydrogens is 565 g/mol. The number of thiophene rings is 2. The first kappa shape index (κ1) is 27.6. The third-order valence-corrected chi connectivity index (χ3v) is 9.83. The summed E-state index contributed by atoms with van der Waals surface area (Å²) in [6.07, 6.45) is 4.42. The molecule has 0 aliphatic rings. The Balaban J connectivity index is 1.22. The van der Waals surface area contributed by atoms with Gasteiger partial charge in [0.25, 0.3) is 0 Å². The van der Waals surface area contributed by atoms with Crippen LogP contribution in [-0.4, -0.2) is 22.0 Å². The zero-order valence-corrected chi connectivity index (χ0v) is 25.7. The normalized spacial score (nSPS) is 11.3. The summed E-state index contributed by atoms with van der Waals surface area (Å²) in [6, 6.07) is 30.0. The molecule has 3 aromatic heterocycles. The summed E-state index contributed by atoms with van der Waals surface area (Å²) in [5.41, 5.74) is 6.57. The maximum atomic E-state index is 5.83. The number of aromatic nitrogens is 2. The fourth-order valence-corrected chi connectivity index (χ4v) is 7.29. The van der Waals surface area contributed by atoms with Crippen molar-refractivity contribution in [2.45, 2.75) is 39.5 Å². The molecule has 6 aromatic rings. The first-order valence-electron chi connectivity index (χ1n) is 14.2. The second-order valence-electron chi connectivity index (χ2n) is 9.90. The molecule has 0 bridgehead atoms. The molecule has 41 heavy (non-hydrogen) atoms. The molecule has 0 N–H and O–H groups in total. The molecule has 208 valence electrons. The number of fused-ring (bicyclic) bond motifs is 1. The minimum absolute atomic E-state index is 0.765.